The van der Waals surface area contributed by atoms with Gasteiger partial charge in [0.05, 0.1) is 24.5 Å². The number of carboxylic acid groups (broad SMARTS) is 1. The van der Waals surface area contributed by atoms with E-state index in [1.807, 2.05) is 0 Å². The third kappa shape index (κ3) is 7.18. The number of aromatic nitrogens is 7. The highest BCUT2D eigenvalue weighted by Crippen LogP contribution is 2.25. The summed E-state index contributed by atoms with van der Waals surface area (Å²) in [7, 11) is 1.65. The van der Waals surface area contributed by atoms with E-state index in [0.29, 0.717) is 21.0 Å². The minimum Gasteiger partial charge on any atom is -0.481 e. The molecule has 2 atom stereocenters. The van der Waals surface area contributed by atoms with Crippen molar-refractivity contribution in [2.24, 2.45) is 0 Å². The van der Waals surface area contributed by atoms with Crippen LogP contribution in [0.25, 0.3) is 17.1 Å². The maximum Gasteiger partial charge on any atom is 0.416 e. The number of aliphatic hydroxyl groups is 1. The first-order chi connectivity index (χ1) is 20.3. The van der Waals surface area contributed by atoms with E-state index in [1.165, 1.54) is 48.3 Å². The number of pyridine rings is 1. The zero-order valence-corrected chi connectivity index (χ0v) is 23.3. The molecule has 1 amide bonds. The van der Waals surface area contributed by atoms with E-state index in [9.17, 15) is 32.7 Å². The predicted octanol–water partition coefficient (Wildman–Crippen LogP) is 2.01. The number of amides is 1. The van der Waals surface area contributed by atoms with E-state index in [0.717, 1.165) is 4.68 Å². The summed E-state index contributed by atoms with van der Waals surface area (Å²) in [5, 5.41) is 33.2. The summed E-state index contributed by atoms with van der Waals surface area (Å²) in [4.78, 5) is 45.0. The van der Waals surface area contributed by atoms with Crippen molar-refractivity contribution in [2.75, 3.05) is 12.4 Å². The van der Waals surface area contributed by atoms with Crippen molar-refractivity contribution in [1.29, 1.82) is 0 Å². The average molecular weight is 624 g/mol. The van der Waals surface area contributed by atoms with Crippen LogP contribution in [0.1, 0.15) is 31.0 Å². The summed E-state index contributed by atoms with van der Waals surface area (Å²) in [5.41, 5.74) is 0.235. The Labute approximate surface area is 245 Å². The van der Waals surface area contributed by atoms with E-state index in [2.05, 4.69) is 30.8 Å². The lowest BCUT2D eigenvalue weighted by atomic mass is 10.2. The van der Waals surface area contributed by atoms with Crippen LogP contribution >= 0.6 is 11.6 Å². The van der Waals surface area contributed by atoms with Crippen LogP contribution in [-0.2, 0) is 22.7 Å². The molecule has 14 nitrogen and oxygen atoms in total. The molecule has 0 saturated heterocycles. The van der Waals surface area contributed by atoms with Crippen LogP contribution in [0.4, 0.5) is 18.9 Å². The molecule has 0 spiro atoms. The molecular formula is C25H25ClF3N9O5. The lowest BCUT2D eigenvalue weighted by molar-refractivity contribution is -0.207. The molecule has 0 radical (unpaired) electrons. The summed E-state index contributed by atoms with van der Waals surface area (Å²) in [6, 6.07) is 6.61. The number of aliphatic carboxylic acids is 1. The second kappa shape index (κ2) is 12.6. The van der Waals surface area contributed by atoms with Crippen LogP contribution in [0.5, 0.6) is 0 Å². The number of carboxylic acids is 1. The van der Waals surface area contributed by atoms with E-state index >= 15 is 0 Å². The summed E-state index contributed by atoms with van der Waals surface area (Å²) < 4.78 is 42.5. The molecule has 18 heteroatoms. The van der Waals surface area contributed by atoms with Gasteiger partial charge in [0.2, 0.25) is 5.91 Å². The monoisotopic (exact) mass is 623 g/mol. The van der Waals surface area contributed by atoms with Gasteiger partial charge in [-0.1, -0.05) is 11.6 Å². The molecule has 3 aromatic heterocycles. The first-order valence-corrected chi connectivity index (χ1v) is 12.9. The number of rotatable bonds is 11. The van der Waals surface area contributed by atoms with Crippen molar-refractivity contribution in [3.05, 3.63) is 69.9 Å². The zero-order chi connectivity index (χ0) is 31.5. The summed E-state index contributed by atoms with van der Waals surface area (Å²) in [5.74, 6) is -2.17. The number of carbonyl (C=O) groups is 2. The Bertz CT molecular complexity index is 1680. The Morgan fingerprint density at radius 2 is 1.84 bits per heavy atom. The number of nitrogens with one attached hydrogen (secondary N) is 2. The van der Waals surface area contributed by atoms with Crippen LogP contribution in [0.3, 0.4) is 0 Å². The molecule has 0 fully saturated rings. The smallest absolute Gasteiger partial charge is 0.416 e. The number of hydrogen-bond donors (Lipinski definition) is 4. The molecule has 43 heavy (non-hydrogen) atoms. The molecule has 0 saturated carbocycles. The van der Waals surface area contributed by atoms with Gasteiger partial charge in [-0.25, -0.2) is 19.1 Å². The van der Waals surface area contributed by atoms with Crippen LogP contribution in [0, 0.1) is 0 Å². The van der Waals surface area contributed by atoms with Gasteiger partial charge < -0.3 is 20.8 Å². The number of halogens is 4. The quantitative estimate of drug-likeness (QED) is 0.180. The zero-order valence-electron chi connectivity index (χ0n) is 22.6. The third-order valence-corrected chi connectivity index (χ3v) is 6.35. The summed E-state index contributed by atoms with van der Waals surface area (Å²) >= 11 is 5.93. The van der Waals surface area contributed by atoms with Crippen LogP contribution < -0.4 is 16.3 Å². The van der Waals surface area contributed by atoms with Gasteiger partial charge in [0.15, 0.2) is 23.6 Å². The molecular weight excluding hydrogens is 599 g/mol. The molecule has 4 N–H and O–H groups in total. The van der Waals surface area contributed by atoms with Gasteiger partial charge in [0.25, 0.3) is 0 Å². The fraction of sp³-hybridized carbons (Fsp3) is 0.320. The minimum atomic E-state index is -5.00. The van der Waals surface area contributed by atoms with Crippen LogP contribution in [0.15, 0.2) is 47.5 Å². The Kier molecular flexibility index (Phi) is 9.15. The summed E-state index contributed by atoms with van der Waals surface area (Å²) in [6.45, 7) is -0.00172. The number of anilines is 1. The standard InChI is InChI=1S/C25H25ClF3N9O5/c1-13(32-20(40)9-21(41)42)22-33-19(34-38(22)17-10-31-8-7-16(17)30-2)12-37-24(43)36(11-18(39)25(27,28)29)23(35-37)14-3-5-15(26)6-4-14/h3-8,10,13,18,39H,9,11-12H2,1-2H3,(H,30,31)(H,32,40)(H,41,42)/t13?,18-/m0/s1. The molecule has 1 aromatic carbocycles. The molecule has 4 rings (SSSR count). The number of nitrogens with zero attached hydrogens (tertiary/aromatic N) is 7. The van der Waals surface area contributed by atoms with E-state index in [4.69, 9.17) is 16.7 Å². The maximum atomic E-state index is 13.3. The molecule has 0 bridgehead atoms. The van der Waals surface area contributed by atoms with E-state index in [-0.39, 0.29) is 23.0 Å². The number of benzene rings is 1. The highest BCUT2D eigenvalue weighted by atomic mass is 35.5. The second-order valence-corrected chi connectivity index (χ2v) is 9.68. The number of alkyl halides is 3. The van der Waals surface area contributed by atoms with Crippen molar-refractivity contribution < 1.29 is 33.0 Å². The average Bonchev–Trinajstić information content (AvgIpc) is 3.49. The van der Waals surface area contributed by atoms with Gasteiger partial charge in [-0.3, -0.25) is 19.1 Å². The lowest BCUT2D eigenvalue weighted by Gasteiger charge is -2.15. The minimum absolute atomic E-state index is 0.0222. The van der Waals surface area contributed by atoms with Gasteiger partial charge in [-0.2, -0.15) is 13.2 Å². The van der Waals surface area contributed by atoms with Crippen molar-refractivity contribution in [2.45, 2.75) is 44.8 Å². The van der Waals surface area contributed by atoms with Gasteiger partial charge in [0.1, 0.15) is 18.7 Å². The lowest BCUT2D eigenvalue weighted by Crippen LogP contribution is -2.37. The van der Waals surface area contributed by atoms with Crippen molar-refractivity contribution >= 4 is 29.2 Å². The van der Waals surface area contributed by atoms with Crippen molar-refractivity contribution in [1.82, 2.24) is 39.4 Å². The topological polar surface area (TPSA) is 182 Å². The second-order valence-electron chi connectivity index (χ2n) is 9.24. The molecule has 1 unspecified atom stereocenters. The largest absolute Gasteiger partial charge is 0.481 e. The van der Waals surface area contributed by atoms with Crippen molar-refractivity contribution in [3.63, 3.8) is 0 Å². The van der Waals surface area contributed by atoms with Gasteiger partial charge in [-0.15, -0.1) is 10.2 Å². The first-order valence-electron chi connectivity index (χ1n) is 12.6. The van der Waals surface area contributed by atoms with Gasteiger partial charge >= 0.3 is 17.8 Å². The molecule has 3 heterocycles. The fourth-order valence-corrected chi connectivity index (χ4v) is 4.21. The molecule has 4 aromatic rings. The normalized spacial score (nSPS) is 13.0. The van der Waals surface area contributed by atoms with Crippen LogP contribution in [-0.4, -0.2) is 75.5 Å². The SMILES string of the molecule is CNc1ccncc1-n1nc(Cn2nc(-c3ccc(Cl)cc3)n(C[C@H](O)C(F)(F)F)c2=O)nc1C(C)NC(=O)CC(=O)O. The Balaban J connectivity index is 1.78. The highest BCUT2D eigenvalue weighted by molar-refractivity contribution is 6.30. The van der Waals surface area contributed by atoms with Gasteiger partial charge in [0, 0.05) is 23.8 Å². The number of aliphatic hydroxyl groups excluding tert-OH is 1. The maximum absolute atomic E-state index is 13.3. The third-order valence-electron chi connectivity index (χ3n) is 6.10. The number of hydrogen-bond acceptors (Lipinski definition) is 9. The molecule has 0 aliphatic heterocycles. The Morgan fingerprint density at radius 1 is 1.14 bits per heavy atom. The first kappa shape index (κ1) is 31.2. The highest BCUT2D eigenvalue weighted by Gasteiger charge is 2.39. The molecule has 0 aliphatic carbocycles. The Morgan fingerprint density at radius 3 is 2.47 bits per heavy atom. The van der Waals surface area contributed by atoms with Gasteiger partial charge in [-0.05, 0) is 37.3 Å². The molecule has 228 valence electrons. The van der Waals surface area contributed by atoms with E-state index < -0.39 is 55.4 Å². The molecule has 0 aliphatic rings. The summed E-state index contributed by atoms with van der Waals surface area (Å²) in [6.07, 6.45) is -5.66. The van der Waals surface area contributed by atoms with Crippen LogP contribution in [0.2, 0.25) is 5.02 Å². The predicted molar refractivity (Wildman–Crippen MR) is 146 cm³/mol. The van der Waals surface area contributed by atoms with Crippen molar-refractivity contribution in [3.8, 4) is 17.1 Å². The Hall–Kier alpha value is -4.77. The fourth-order valence-electron chi connectivity index (χ4n) is 4.09. The van der Waals surface area contributed by atoms with E-state index in [1.54, 1.807) is 13.1 Å². The number of carbonyl (C=O) groups excluding carboxylic acids is 1.